The van der Waals surface area contributed by atoms with Crippen LogP contribution in [0.1, 0.15) is 12.5 Å². The first kappa shape index (κ1) is 11.5. The molecule has 0 bridgehead atoms. The van der Waals surface area contributed by atoms with E-state index in [9.17, 15) is 0 Å². The standard InChI is InChI=1S/C13H17NO/c1-3-6-12-7-4-5-8-13(12)15-10-11(2)9-14/h3-8H,2,9-10,14H2,1H3/b6-3+. The van der Waals surface area contributed by atoms with Crippen LogP contribution >= 0.6 is 0 Å². The Kier molecular flexibility index (Phi) is 4.64. The van der Waals surface area contributed by atoms with Crippen molar-refractivity contribution in [3.8, 4) is 5.75 Å². The Hall–Kier alpha value is -1.54. The zero-order valence-electron chi connectivity index (χ0n) is 9.07. The van der Waals surface area contributed by atoms with Crippen LogP contribution in [0.25, 0.3) is 6.08 Å². The molecule has 0 amide bonds. The highest BCUT2D eigenvalue weighted by Gasteiger charge is 1.99. The normalized spacial score (nSPS) is 10.5. The summed E-state index contributed by atoms with van der Waals surface area (Å²) in [6.45, 7) is 6.72. The van der Waals surface area contributed by atoms with Gasteiger partial charge in [0.05, 0.1) is 0 Å². The lowest BCUT2D eigenvalue weighted by Crippen LogP contribution is -2.10. The Balaban J connectivity index is 2.71. The highest BCUT2D eigenvalue weighted by atomic mass is 16.5. The third-order valence-electron chi connectivity index (χ3n) is 1.99. The Morgan fingerprint density at radius 3 is 2.87 bits per heavy atom. The largest absolute Gasteiger partial charge is 0.489 e. The number of hydrogen-bond acceptors (Lipinski definition) is 2. The summed E-state index contributed by atoms with van der Waals surface area (Å²) in [5, 5.41) is 0. The van der Waals surface area contributed by atoms with Gasteiger partial charge in [0.15, 0.2) is 0 Å². The van der Waals surface area contributed by atoms with Crippen LogP contribution in [0.5, 0.6) is 5.75 Å². The van der Waals surface area contributed by atoms with Crippen LogP contribution in [0.2, 0.25) is 0 Å². The molecule has 0 fully saturated rings. The maximum Gasteiger partial charge on any atom is 0.126 e. The lowest BCUT2D eigenvalue weighted by Gasteiger charge is -2.09. The van der Waals surface area contributed by atoms with Crippen molar-refractivity contribution in [3.63, 3.8) is 0 Å². The van der Waals surface area contributed by atoms with Crippen LogP contribution in [-0.2, 0) is 0 Å². The van der Waals surface area contributed by atoms with Gasteiger partial charge in [0.2, 0.25) is 0 Å². The molecule has 1 rings (SSSR count). The Labute approximate surface area is 91.1 Å². The van der Waals surface area contributed by atoms with E-state index in [4.69, 9.17) is 10.5 Å². The summed E-state index contributed by atoms with van der Waals surface area (Å²) in [5.74, 6) is 0.866. The molecule has 0 radical (unpaired) electrons. The van der Waals surface area contributed by atoms with Crippen molar-refractivity contribution in [2.24, 2.45) is 5.73 Å². The van der Waals surface area contributed by atoms with Gasteiger partial charge in [0, 0.05) is 12.1 Å². The zero-order valence-corrected chi connectivity index (χ0v) is 9.07. The fraction of sp³-hybridized carbons (Fsp3) is 0.231. The van der Waals surface area contributed by atoms with Gasteiger partial charge in [-0.25, -0.2) is 0 Å². The molecular weight excluding hydrogens is 186 g/mol. The Morgan fingerprint density at radius 2 is 2.20 bits per heavy atom. The van der Waals surface area contributed by atoms with Crippen molar-refractivity contribution < 1.29 is 4.74 Å². The second kappa shape index (κ2) is 6.04. The molecule has 0 heterocycles. The van der Waals surface area contributed by atoms with Gasteiger partial charge < -0.3 is 10.5 Å². The summed E-state index contributed by atoms with van der Waals surface area (Å²) in [6, 6.07) is 7.90. The molecule has 0 aliphatic rings. The first-order valence-corrected chi connectivity index (χ1v) is 4.99. The Bertz CT molecular complexity index is 355. The van der Waals surface area contributed by atoms with Crippen LogP contribution in [0, 0.1) is 0 Å². The molecule has 0 unspecified atom stereocenters. The predicted octanol–water partition coefficient (Wildman–Crippen LogP) is 2.61. The zero-order chi connectivity index (χ0) is 11.1. The van der Waals surface area contributed by atoms with E-state index in [1.165, 1.54) is 0 Å². The van der Waals surface area contributed by atoms with Crippen molar-refractivity contribution in [3.05, 3.63) is 48.1 Å². The minimum absolute atomic E-state index is 0.464. The molecule has 15 heavy (non-hydrogen) atoms. The summed E-state index contributed by atoms with van der Waals surface area (Å²) < 4.78 is 5.61. The van der Waals surface area contributed by atoms with Crippen molar-refractivity contribution >= 4 is 6.08 Å². The summed E-state index contributed by atoms with van der Waals surface area (Å²) in [4.78, 5) is 0. The molecule has 2 nitrogen and oxygen atoms in total. The van der Waals surface area contributed by atoms with Gasteiger partial charge in [-0.3, -0.25) is 0 Å². The lowest BCUT2D eigenvalue weighted by atomic mass is 10.2. The van der Waals surface area contributed by atoms with E-state index in [0.29, 0.717) is 13.2 Å². The summed E-state index contributed by atoms with van der Waals surface area (Å²) in [7, 11) is 0. The molecule has 2 N–H and O–H groups in total. The van der Waals surface area contributed by atoms with Crippen molar-refractivity contribution in [2.45, 2.75) is 6.92 Å². The average Bonchev–Trinajstić information content (AvgIpc) is 2.28. The van der Waals surface area contributed by atoms with E-state index >= 15 is 0 Å². The number of para-hydroxylation sites is 1. The molecular formula is C13H17NO. The molecule has 1 aromatic rings. The van der Waals surface area contributed by atoms with E-state index < -0.39 is 0 Å². The molecule has 0 saturated heterocycles. The maximum absolute atomic E-state index is 5.61. The number of allylic oxidation sites excluding steroid dienone is 1. The van der Waals surface area contributed by atoms with Crippen molar-refractivity contribution in [1.82, 2.24) is 0 Å². The van der Waals surface area contributed by atoms with Crippen molar-refractivity contribution in [2.75, 3.05) is 13.2 Å². The van der Waals surface area contributed by atoms with Gasteiger partial charge in [0.1, 0.15) is 12.4 Å². The first-order valence-electron chi connectivity index (χ1n) is 4.99. The topological polar surface area (TPSA) is 35.2 Å². The monoisotopic (exact) mass is 203 g/mol. The highest BCUT2D eigenvalue weighted by Crippen LogP contribution is 2.19. The molecule has 0 atom stereocenters. The molecule has 0 saturated carbocycles. The van der Waals surface area contributed by atoms with Gasteiger partial charge in [-0.15, -0.1) is 0 Å². The SMILES string of the molecule is C=C(CN)COc1ccccc1/C=C/C. The van der Waals surface area contributed by atoms with Crippen LogP contribution in [-0.4, -0.2) is 13.2 Å². The van der Waals surface area contributed by atoms with Gasteiger partial charge in [-0.05, 0) is 18.6 Å². The molecule has 0 aliphatic carbocycles. The van der Waals surface area contributed by atoms with Crippen LogP contribution in [0.3, 0.4) is 0 Å². The van der Waals surface area contributed by atoms with Crippen LogP contribution < -0.4 is 10.5 Å². The van der Waals surface area contributed by atoms with E-state index in [0.717, 1.165) is 16.9 Å². The quantitative estimate of drug-likeness (QED) is 0.746. The summed E-state index contributed by atoms with van der Waals surface area (Å²) >= 11 is 0. The summed E-state index contributed by atoms with van der Waals surface area (Å²) in [6.07, 6.45) is 4.00. The minimum Gasteiger partial charge on any atom is -0.489 e. The molecule has 0 aliphatic heterocycles. The summed E-state index contributed by atoms with van der Waals surface area (Å²) in [5.41, 5.74) is 7.41. The Morgan fingerprint density at radius 1 is 1.47 bits per heavy atom. The third kappa shape index (κ3) is 3.60. The molecule has 0 aromatic heterocycles. The van der Waals surface area contributed by atoms with E-state index in [-0.39, 0.29) is 0 Å². The first-order chi connectivity index (χ1) is 7.27. The van der Waals surface area contributed by atoms with Crippen LogP contribution in [0.15, 0.2) is 42.5 Å². The van der Waals surface area contributed by atoms with Gasteiger partial charge in [-0.2, -0.15) is 0 Å². The van der Waals surface area contributed by atoms with Gasteiger partial charge in [0.25, 0.3) is 0 Å². The fourth-order valence-corrected chi connectivity index (χ4v) is 1.17. The number of benzene rings is 1. The van der Waals surface area contributed by atoms with Gasteiger partial charge in [-0.1, -0.05) is 36.9 Å². The van der Waals surface area contributed by atoms with Gasteiger partial charge >= 0.3 is 0 Å². The minimum atomic E-state index is 0.464. The maximum atomic E-state index is 5.61. The average molecular weight is 203 g/mol. The molecule has 80 valence electrons. The number of ether oxygens (including phenoxy) is 1. The van der Waals surface area contributed by atoms with E-state index in [1.807, 2.05) is 43.3 Å². The number of rotatable bonds is 5. The van der Waals surface area contributed by atoms with E-state index in [1.54, 1.807) is 0 Å². The molecule has 2 heteroatoms. The number of hydrogen-bond donors (Lipinski definition) is 1. The second-order valence-electron chi connectivity index (χ2n) is 3.28. The highest BCUT2D eigenvalue weighted by molar-refractivity contribution is 5.56. The predicted molar refractivity (Wildman–Crippen MR) is 64.8 cm³/mol. The second-order valence-corrected chi connectivity index (χ2v) is 3.28. The fourth-order valence-electron chi connectivity index (χ4n) is 1.17. The number of nitrogens with two attached hydrogens (primary N) is 1. The molecule has 1 aromatic carbocycles. The third-order valence-corrected chi connectivity index (χ3v) is 1.99. The molecule has 0 spiro atoms. The smallest absolute Gasteiger partial charge is 0.126 e. The lowest BCUT2D eigenvalue weighted by molar-refractivity contribution is 0.350. The van der Waals surface area contributed by atoms with Crippen LogP contribution in [0.4, 0.5) is 0 Å². The van der Waals surface area contributed by atoms with Crippen molar-refractivity contribution in [1.29, 1.82) is 0 Å². The van der Waals surface area contributed by atoms with E-state index in [2.05, 4.69) is 6.58 Å².